The summed E-state index contributed by atoms with van der Waals surface area (Å²) in [5.74, 6) is -0.299. The number of esters is 1. The van der Waals surface area contributed by atoms with Crippen LogP contribution in [0.25, 0.3) is 0 Å². The Balaban J connectivity index is 2.11. The molecule has 112 valence electrons. The molecule has 2 rings (SSSR count). The second-order valence-corrected chi connectivity index (χ2v) is 6.41. The summed E-state index contributed by atoms with van der Waals surface area (Å²) >= 11 is 1.32. The molecular formula is C14H22N2O3S. The van der Waals surface area contributed by atoms with E-state index in [1.54, 1.807) is 6.92 Å². The molecule has 1 unspecified atom stereocenters. The molecule has 1 aromatic heterocycles. The molecule has 5 nitrogen and oxygen atoms in total. The molecule has 0 amide bonds. The number of carbonyl (C=O) groups excluding carboxylic acids is 1. The Morgan fingerprint density at radius 2 is 2.35 bits per heavy atom. The maximum absolute atomic E-state index is 12.0. The highest BCUT2D eigenvalue weighted by Gasteiger charge is 2.30. The van der Waals surface area contributed by atoms with Gasteiger partial charge in [0, 0.05) is 12.6 Å². The van der Waals surface area contributed by atoms with Gasteiger partial charge in [-0.05, 0) is 52.1 Å². The summed E-state index contributed by atoms with van der Waals surface area (Å²) in [6.45, 7) is 8.92. The average molecular weight is 298 g/mol. The van der Waals surface area contributed by atoms with Crippen LogP contribution in [0.3, 0.4) is 0 Å². The highest BCUT2D eigenvalue weighted by atomic mass is 32.1. The molecule has 1 saturated heterocycles. The third kappa shape index (κ3) is 3.49. The van der Waals surface area contributed by atoms with Gasteiger partial charge in [-0.15, -0.1) is 0 Å². The molecule has 1 aliphatic rings. The first-order chi connectivity index (χ1) is 9.43. The van der Waals surface area contributed by atoms with E-state index in [2.05, 4.69) is 23.5 Å². The molecule has 0 radical (unpaired) electrons. The predicted molar refractivity (Wildman–Crippen MR) is 79.5 cm³/mol. The SMILES string of the molecule is CCOC(=O)c1c(C)nsc1NC1CCOC(C)(C)C1. The van der Waals surface area contributed by atoms with Crippen LogP contribution in [0.5, 0.6) is 0 Å². The number of hydrogen-bond donors (Lipinski definition) is 1. The molecule has 1 atom stereocenters. The molecular weight excluding hydrogens is 276 g/mol. The summed E-state index contributed by atoms with van der Waals surface area (Å²) in [6, 6.07) is 0.298. The number of aryl methyl sites for hydroxylation is 1. The van der Waals surface area contributed by atoms with Crippen LogP contribution in [0.1, 0.15) is 49.7 Å². The van der Waals surface area contributed by atoms with Crippen LogP contribution in [-0.4, -0.2) is 35.2 Å². The van der Waals surface area contributed by atoms with Gasteiger partial charge < -0.3 is 14.8 Å². The van der Waals surface area contributed by atoms with Crippen molar-refractivity contribution in [2.24, 2.45) is 0 Å². The summed E-state index contributed by atoms with van der Waals surface area (Å²) in [7, 11) is 0. The van der Waals surface area contributed by atoms with Gasteiger partial charge in [0.25, 0.3) is 0 Å². The highest BCUT2D eigenvalue weighted by molar-refractivity contribution is 7.10. The van der Waals surface area contributed by atoms with Gasteiger partial charge in [-0.3, -0.25) is 0 Å². The van der Waals surface area contributed by atoms with Gasteiger partial charge in [0.05, 0.1) is 17.9 Å². The van der Waals surface area contributed by atoms with Crippen molar-refractivity contribution in [1.82, 2.24) is 4.37 Å². The van der Waals surface area contributed by atoms with Gasteiger partial charge in [0.1, 0.15) is 10.6 Å². The Labute approximate surface area is 123 Å². The first-order valence-electron chi connectivity index (χ1n) is 6.97. The van der Waals surface area contributed by atoms with Gasteiger partial charge in [0.15, 0.2) is 0 Å². The van der Waals surface area contributed by atoms with Crippen molar-refractivity contribution >= 4 is 22.5 Å². The van der Waals surface area contributed by atoms with Crippen LogP contribution < -0.4 is 5.32 Å². The van der Waals surface area contributed by atoms with Crippen molar-refractivity contribution in [3.63, 3.8) is 0 Å². The first-order valence-corrected chi connectivity index (χ1v) is 7.74. The summed E-state index contributed by atoms with van der Waals surface area (Å²) in [4.78, 5) is 12.0. The first kappa shape index (κ1) is 15.3. The van der Waals surface area contributed by atoms with Crippen molar-refractivity contribution in [2.75, 3.05) is 18.5 Å². The molecule has 6 heteroatoms. The van der Waals surface area contributed by atoms with Gasteiger partial charge in [0.2, 0.25) is 0 Å². The van der Waals surface area contributed by atoms with Crippen LogP contribution in [0.15, 0.2) is 0 Å². The van der Waals surface area contributed by atoms with Crippen LogP contribution in [0, 0.1) is 6.92 Å². The summed E-state index contributed by atoms with van der Waals surface area (Å²) in [5, 5.41) is 4.25. The van der Waals surface area contributed by atoms with E-state index in [0.717, 1.165) is 30.1 Å². The van der Waals surface area contributed by atoms with Crippen molar-refractivity contribution in [3.8, 4) is 0 Å². The quantitative estimate of drug-likeness (QED) is 0.866. The Morgan fingerprint density at radius 1 is 1.60 bits per heavy atom. The van der Waals surface area contributed by atoms with E-state index in [-0.39, 0.29) is 11.6 Å². The standard InChI is InChI=1S/C14H22N2O3S/c1-5-18-13(17)11-9(2)16-20-12(11)15-10-6-7-19-14(3,4)8-10/h10,15H,5-8H2,1-4H3. The minimum Gasteiger partial charge on any atom is -0.462 e. The predicted octanol–water partition coefficient (Wildman–Crippen LogP) is 3.00. The molecule has 1 aliphatic heterocycles. The fourth-order valence-corrected chi connectivity index (χ4v) is 3.31. The van der Waals surface area contributed by atoms with E-state index in [0.29, 0.717) is 18.2 Å². The molecule has 0 saturated carbocycles. The van der Waals surface area contributed by atoms with Gasteiger partial charge in [-0.1, -0.05) is 0 Å². The molecule has 1 N–H and O–H groups in total. The Kier molecular flexibility index (Phi) is 4.65. The Morgan fingerprint density at radius 3 is 3.00 bits per heavy atom. The second kappa shape index (κ2) is 6.10. The van der Waals surface area contributed by atoms with Crippen LogP contribution in [0.2, 0.25) is 0 Å². The number of carbonyl (C=O) groups is 1. The largest absolute Gasteiger partial charge is 0.462 e. The maximum Gasteiger partial charge on any atom is 0.343 e. The fraction of sp³-hybridized carbons (Fsp3) is 0.714. The van der Waals surface area contributed by atoms with Crippen molar-refractivity contribution in [2.45, 2.75) is 52.2 Å². The van der Waals surface area contributed by atoms with E-state index in [9.17, 15) is 4.79 Å². The van der Waals surface area contributed by atoms with Crippen LogP contribution in [0.4, 0.5) is 5.00 Å². The highest BCUT2D eigenvalue weighted by Crippen LogP contribution is 2.31. The molecule has 0 bridgehead atoms. The lowest BCUT2D eigenvalue weighted by atomic mass is 9.94. The zero-order valence-corrected chi connectivity index (χ0v) is 13.3. The number of nitrogens with zero attached hydrogens (tertiary/aromatic N) is 1. The molecule has 1 fully saturated rings. The zero-order chi connectivity index (χ0) is 14.8. The minimum absolute atomic E-state index is 0.125. The lowest BCUT2D eigenvalue weighted by Gasteiger charge is -2.36. The number of anilines is 1. The van der Waals surface area contributed by atoms with Gasteiger partial charge in [-0.2, -0.15) is 4.37 Å². The van der Waals surface area contributed by atoms with E-state index in [1.807, 2.05) is 6.92 Å². The monoisotopic (exact) mass is 298 g/mol. The molecule has 20 heavy (non-hydrogen) atoms. The second-order valence-electron chi connectivity index (χ2n) is 5.63. The Bertz CT molecular complexity index is 485. The number of nitrogens with one attached hydrogen (secondary N) is 1. The number of hydrogen-bond acceptors (Lipinski definition) is 6. The van der Waals surface area contributed by atoms with Crippen LogP contribution in [-0.2, 0) is 9.47 Å². The van der Waals surface area contributed by atoms with E-state index in [1.165, 1.54) is 11.5 Å². The summed E-state index contributed by atoms with van der Waals surface area (Å²) in [5.41, 5.74) is 1.17. The molecule has 2 heterocycles. The average Bonchev–Trinajstić information content (AvgIpc) is 2.69. The van der Waals surface area contributed by atoms with Crippen molar-refractivity contribution in [3.05, 3.63) is 11.3 Å². The van der Waals surface area contributed by atoms with Crippen molar-refractivity contribution < 1.29 is 14.3 Å². The number of aromatic nitrogens is 1. The molecule has 1 aromatic rings. The normalized spacial score (nSPS) is 21.5. The third-order valence-electron chi connectivity index (χ3n) is 3.37. The minimum atomic E-state index is -0.299. The van der Waals surface area contributed by atoms with Gasteiger partial charge >= 0.3 is 5.97 Å². The lowest BCUT2D eigenvalue weighted by molar-refractivity contribution is -0.0552. The maximum atomic E-state index is 12.0. The summed E-state index contributed by atoms with van der Waals surface area (Å²) in [6.07, 6.45) is 1.84. The Hall–Kier alpha value is -1.14. The smallest absolute Gasteiger partial charge is 0.343 e. The molecule has 0 aliphatic carbocycles. The number of rotatable bonds is 4. The lowest BCUT2D eigenvalue weighted by Crippen LogP contribution is -2.40. The number of ether oxygens (including phenoxy) is 2. The zero-order valence-electron chi connectivity index (χ0n) is 12.5. The van der Waals surface area contributed by atoms with E-state index >= 15 is 0 Å². The molecule has 0 aromatic carbocycles. The topological polar surface area (TPSA) is 60.5 Å². The summed E-state index contributed by atoms with van der Waals surface area (Å²) < 4.78 is 15.1. The van der Waals surface area contributed by atoms with Crippen molar-refractivity contribution in [1.29, 1.82) is 0 Å². The van der Waals surface area contributed by atoms with E-state index in [4.69, 9.17) is 9.47 Å². The van der Waals surface area contributed by atoms with Gasteiger partial charge in [-0.25, -0.2) is 4.79 Å². The van der Waals surface area contributed by atoms with E-state index < -0.39 is 0 Å². The fourth-order valence-electron chi connectivity index (χ4n) is 2.45. The third-order valence-corrected chi connectivity index (χ3v) is 4.24. The van der Waals surface area contributed by atoms with Crippen LogP contribution >= 0.6 is 11.5 Å². The molecule has 0 spiro atoms.